The van der Waals surface area contributed by atoms with Gasteiger partial charge < -0.3 is 20.5 Å². The summed E-state index contributed by atoms with van der Waals surface area (Å²) in [5.74, 6) is 0. The van der Waals surface area contributed by atoms with Gasteiger partial charge in [-0.15, -0.1) is 0 Å². The van der Waals surface area contributed by atoms with Gasteiger partial charge in [-0.2, -0.15) is 0 Å². The fourth-order valence-corrected chi connectivity index (χ4v) is 0. The van der Waals surface area contributed by atoms with Crippen molar-refractivity contribution in [3.05, 3.63) is 0 Å². The normalized spacial score (nSPS) is 4.00. The van der Waals surface area contributed by atoms with Crippen LogP contribution in [0, 0.1) is 0 Å². The molecule has 0 saturated heterocycles. The van der Waals surface area contributed by atoms with Crippen LogP contribution in [0.5, 0.6) is 0 Å². The Hall–Kier alpha value is 0.113. The van der Waals surface area contributed by atoms with Crippen LogP contribution >= 0.6 is 0 Å². The Bertz CT molecular complexity index is 30.5. The Morgan fingerprint density at radius 1 is 1.67 bits per heavy atom. The molecule has 0 aromatic rings. The van der Waals surface area contributed by atoms with E-state index in [4.69, 9.17) is 15.0 Å². The first-order valence-electron chi connectivity index (χ1n) is 0.632. The van der Waals surface area contributed by atoms with Crippen LogP contribution in [0.15, 0.2) is 0 Å². The summed E-state index contributed by atoms with van der Waals surface area (Å²) < 4.78 is 0. The van der Waals surface area contributed by atoms with Gasteiger partial charge in [0.15, 0.2) is 0 Å². The maximum absolute atomic E-state index is 8.44. The van der Waals surface area contributed by atoms with E-state index < -0.39 is 6.16 Å². The summed E-state index contributed by atoms with van der Waals surface area (Å²) in [4.78, 5) is 8.44. The van der Waals surface area contributed by atoms with E-state index in [1.54, 1.807) is 0 Å². The molecule has 0 aromatic heterocycles. The summed E-state index contributed by atoms with van der Waals surface area (Å²) in [5.41, 5.74) is 0. The van der Waals surface area contributed by atoms with E-state index in [-0.39, 0.29) is 31.7 Å². The van der Waals surface area contributed by atoms with Gasteiger partial charge in [-0.25, -0.2) is 0 Å². The summed E-state index contributed by atoms with van der Waals surface area (Å²) in [6.07, 6.45) is -2.08. The van der Waals surface area contributed by atoms with Crippen molar-refractivity contribution in [3.63, 3.8) is 0 Å². The summed E-state index contributed by atoms with van der Waals surface area (Å²) in [5, 5.41) is 15.3. The Kier molecular flexibility index (Phi) is 24.5. The number of carbonyl (C=O) groups is 1. The van der Waals surface area contributed by atoms with Gasteiger partial charge in [0.25, 0.3) is 0 Å². The van der Waals surface area contributed by atoms with Gasteiger partial charge in [0.05, 0.1) is 0 Å². The van der Waals surface area contributed by atoms with E-state index >= 15 is 0 Å². The average Bonchev–Trinajstić information content (AvgIpc) is 0.811. The molecular formula is CH3O4Zr-. The molecule has 0 amide bonds. The summed E-state index contributed by atoms with van der Waals surface area (Å²) in [6.45, 7) is 0. The van der Waals surface area contributed by atoms with Gasteiger partial charge in [-0.1, -0.05) is 0 Å². The number of hydrogen-bond acceptors (Lipinski definition) is 2. The fourth-order valence-electron chi connectivity index (χ4n) is 0. The molecule has 36 valence electrons. The van der Waals surface area contributed by atoms with Crippen molar-refractivity contribution in [3.8, 4) is 0 Å². The van der Waals surface area contributed by atoms with E-state index in [9.17, 15) is 0 Å². The quantitative estimate of drug-likeness (QED) is 0.458. The van der Waals surface area contributed by atoms with Crippen LogP contribution in [0.2, 0.25) is 0 Å². The van der Waals surface area contributed by atoms with Gasteiger partial charge in [-0.3, -0.25) is 0 Å². The van der Waals surface area contributed by atoms with Crippen molar-refractivity contribution in [1.82, 2.24) is 0 Å². The van der Waals surface area contributed by atoms with E-state index in [1.807, 2.05) is 0 Å². The monoisotopic (exact) mass is 169 g/mol. The van der Waals surface area contributed by atoms with Crippen molar-refractivity contribution in [1.29, 1.82) is 0 Å². The third kappa shape index (κ3) is 3120. The van der Waals surface area contributed by atoms with Gasteiger partial charge in [0, 0.05) is 26.2 Å². The van der Waals surface area contributed by atoms with Gasteiger partial charge in [-0.05, 0) is 0 Å². The maximum atomic E-state index is 8.44. The van der Waals surface area contributed by atoms with E-state index in [1.165, 1.54) is 0 Å². The molecule has 4 nitrogen and oxygen atoms in total. The SMILES string of the molecule is O.O=C([O-])O.[Zr]. The van der Waals surface area contributed by atoms with Crippen LogP contribution in [0.3, 0.4) is 0 Å². The smallest absolute Gasteiger partial charge is 0.249 e. The minimum Gasteiger partial charge on any atom is -0.565 e. The number of carboxylic acid groups (broad SMARTS) is 2. The van der Waals surface area contributed by atoms with E-state index in [2.05, 4.69) is 0 Å². The van der Waals surface area contributed by atoms with Crippen molar-refractivity contribution in [2.75, 3.05) is 0 Å². The maximum Gasteiger partial charge on any atom is 0.249 e. The fraction of sp³-hybridized carbons (Fsp3) is 0. The molecule has 0 fully saturated rings. The van der Waals surface area contributed by atoms with Crippen LogP contribution in [0.1, 0.15) is 0 Å². The molecule has 0 radical (unpaired) electrons. The van der Waals surface area contributed by atoms with Crippen LogP contribution in [-0.2, 0) is 26.2 Å². The molecule has 0 heterocycles. The topological polar surface area (TPSA) is 91.9 Å². The zero-order valence-corrected chi connectivity index (χ0v) is 5.22. The first-order valence-corrected chi connectivity index (χ1v) is 0.632. The molecule has 0 bridgehead atoms. The third-order valence-electron chi connectivity index (χ3n) is 0. The molecule has 6 heavy (non-hydrogen) atoms. The summed E-state index contributed by atoms with van der Waals surface area (Å²) in [6, 6.07) is 0. The first-order chi connectivity index (χ1) is 1.73. The predicted octanol–water partition coefficient (Wildman–Crippen LogP) is -1.94. The summed E-state index contributed by atoms with van der Waals surface area (Å²) in [7, 11) is 0. The number of rotatable bonds is 0. The molecule has 0 aliphatic rings. The Morgan fingerprint density at radius 2 is 1.67 bits per heavy atom. The van der Waals surface area contributed by atoms with Crippen molar-refractivity contribution in [2.45, 2.75) is 0 Å². The second kappa shape index (κ2) is 8.93. The first kappa shape index (κ1) is 16.5. The molecule has 0 atom stereocenters. The standard InChI is InChI=1S/CH2O3.H2O.Zr/c2-1(3)4;;/h(H2,2,3,4);1H2;/p-1. The van der Waals surface area contributed by atoms with Crippen molar-refractivity contribution < 1.29 is 46.7 Å². The second-order valence-electron chi connectivity index (χ2n) is 0.266. The molecular weight excluding hydrogens is 167 g/mol. The van der Waals surface area contributed by atoms with Gasteiger partial charge in [0.1, 0.15) is 0 Å². The van der Waals surface area contributed by atoms with E-state index in [0.717, 1.165) is 0 Å². The van der Waals surface area contributed by atoms with Crippen molar-refractivity contribution >= 4 is 6.16 Å². The largest absolute Gasteiger partial charge is 0.565 e. The van der Waals surface area contributed by atoms with Crippen LogP contribution < -0.4 is 5.11 Å². The Balaban J connectivity index is -0.0000000450. The molecule has 3 N–H and O–H groups in total. The zero-order valence-electron chi connectivity index (χ0n) is 2.76. The van der Waals surface area contributed by atoms with E-state index in [0.29, 0.717) is 0 Å². The molecule has 5 heteroatoms. The van der Waals surface area contributed by atoms with Gasteiger partial charge in [0.2, 0.25) is 6.16 Å². The molecule has 0 spiro atoms. The molecule has 0 aromatic carbocycles. The minimum atomic E-state index is -2.08. The predicted molar refractivity (Wildman–Crippen MR) is 11.6 cm³/mol. The van der Waals surface area contributed by atoms with Crippen LogP contribution in [0.4, 0.5) is 4.79 Å². The molecule has 0 aliphatic heterocycles. The zero-order chi connectivity index (χ0) is 3.58. The van der Waals surface area contributed by atoms with Crippen molar-refractivity contribution in [2.24, 2.45) is 0 Å². The van der Waals surface area contributed by atoms with Crippen LogP contribution in [0.25, 0.3) is 0 Å². The molecule has 0 rings (SSSR count). The molecule has 0 saturated carbocycles. The Morgan fingerprint density at radius 3 is 1.67 bits per heavy atom. The number of hydrogen-bond donors (Lipinski definition) is 1. The second-order valence-corrected chi connectivity index (χ2v) is 0.266. The Labute approximate surface area is 53.2 Å². The molecule has 0 unspecified atom stereocenters. The van der Waals surface area contributed by atoms with Gasteiger partial charge >= 0.3 is 0 Å². The average molecular weight is 170 g/mol. The van der Waals surface area contributed by atoms with Crippen LogP contribution in [-0.4, -0.2) is 16.7 Å². The summed E-state index contributed by atoms with van der Waals surface area (Å²) >= 11 is 0. The minimum absolute atomic E-state index is 0. The third-order valence-corrected chi connectivity index (χ3v) is 0. The molecule has 0 aliphatic carbocycles.